The summed E-state index contributed by atoms with van der Waals surface area (Å²) in [6.45, 7) is 5.30. The molecule has 5 rings (SSSR count). The smallest absolute Gasteiger partial charge is 0.255 e. The van der Waals surface area contributed by atoms with E-state index in [4.69, 9.17) is 14.5 Å². The molecule has 1 saturated heterocycles. The SMILES string of the molecule is COc1cccc(C(=O)Nc2cccc([C@H](C)Nc3cncc(-c4cccc(N5CCOCC5)c4)n3)c2)c1. The average Bonchev–Trinajstić information content (AvgIpc) is 2.98. The Kier molecular flexibility index (Phi) is 7.80. The summed E-state index contributed by atoms with van der Waals surface area (Å²) in [5, 5.41) is 6.41. The number of morpholine rings is 1. The summed E-state index contributed by atoms with van der Waals surface area (Å²) >= 11 is 0. The Morgan fingerprint density at radius 1 is 1.00 bits per heavy atom. The van der Waals surface area contributed by atoms with Crippen LogP contribution < -0.4 is 20.3 Å². The van der Waals surface area contributed by atoms with Crippen LogP contribution in [-0.4, -0.2) is 49.3 Å². The minimum Gasteiger partial charge on any atom is -0.497 e. The zero-order valence-corrected chi connectivity index (χ0v) is 21.6. The van der Waals surface area contributed by atoms with Gasteiger partial charge in [-0.25, -0.2) is 4.98 Å². The largest absolute Gasteiger partial charge is 0.497 e. The van der Waals surface area contributed by atoms with E-state index in [1.807, 2.05) is 30.3 Å². The highest BCUT2D eigenvalue weighted by Gasteiger charge is 2.14. The van der Waals surface area contributed by atoms with Gasteiger partial charge in [-0.3, -0.25) is 9.78 Å². The van der Waals surface area contributed by atoms with Gasteiger partial charge in [-0.05, 0) is 55.0 Å². The second kappa shape index (κ2) is 11.7. The lowest BCUT2D eigenvalue weighted by molar-refractivity contribution is 0.102. The van der Waals surface area contributed by atoms with Crippen molar-refractivity contribution in [1.29, 1.82) is 0 Å². The first-order valence-electron chi connectivity index (χ1n) is 12.7. The van der Waals surface area contributed by atoms with Crippen LogP contribution in [0.3, 0.4) is 0 Å². The van der Waals surface area contributed by atoms with Gasteiger partial charge in [0.05, 0.1) is 44.5 Å². The highest BCUT2D eigenvalue weighted by atomic mass is 16.5. The lowest BCUT2D eigenvalue weighted by Crippen LogP contribution is -2.36. The van der Waals surface area contributed by atoms with Gasteiger partial charge < -0.3 is 25.0 Å². The molecule has 2 heterocycles. The highest BCUT2D eigenvalue weighted by Crippen LogP contribution is 2.26. The molecule has 4 aromatic rings. The number of hydrogen-bond acceptors (Lipinski definition) is 7. The zero-order valence-electron chi connectivity index (χ0n) is 21.6. The fraction of sp³-hybridized carbons (Fsp3) is 0.233. The minimum absolute atomic E-state index is 0.0621. The number of amides is 1. The molecule has 1 aliphatic heterocycles. The lowest BCUT2D eigenvalue weighted by Gasteiger charge is -2.29. The van der Waals surface area contributed by atoms with Gasteiger partial charge in [-0.1, -0.05) is 30.3 Å². The molecule has 0 saturated carbocycles. The summed E-state index contributed by atoms with van der Waals surface area (Å²) in [5.41, 5.74) is 5.23. The first-order valence-corrected chi connectivity index (χ1v) is 12.7. The Hall–Kier alpha value is -4.43. The first-order chi connectivity index (χ1) is 18.6. The van der Waals surface area contributed by atoms with Gasteiger partial charge in [0.25, 0.3) is 5.91 Å². The van der Waals surface area contributed by atoms with E-state index < -0.39 is 0 Å². The molecule has 1 atom stereocenters. The molecule has 0 radical (unpaired) electrons. The van der Waals surface area contributed by atoms with Crippen molar-refractivity contribution in [2.75, 3.05) is 48.9 Å². The van der Waals surface area contributed by atoms with Crippen LogP contribution in [0.25, 0.3) is 11.3 Å². The topological polar surface area (TPSA) is 88.6 Å². The highest BCUT2D eigenvalue weighted by molar-refractivity contribution is 6.04. The number of methoxy groups -OCH3 is 1. The molecule has 3 aromatic carbocycles. The van der Waals surface area contributed by atoms with Gasteiger partial charge in [-0.2, -0.15) is 0 Å². The fourth-order valence-corrected chi connectivity index (χ4v) is 4.42. The molecule has 1 amide bonds. The van der Waals surface area contributed by atoms with Crippen molar-refractivity contribution in [3.05, 3.63) is 96.3 Å². The van der Waals surface area contributed by atoms with Crippen molar-refractivity contribution in [2.45, 2.75) is 13.0 Å². The number of rotatable bonds is 8. The average molecular weight is 510 g/mol. The summed E-state index contributed by atoms with van der Waals surface area (Å²) < 4.78 is 10.7. The number of ether oxygens (including phenoxy) is 2. The van der Waals surface area contributed by atoms with Crippen LogP contribution in [0.2, 0.25) is 0 Å². The molecule has 1 fully saturated rings. The van der Waals surface area contributed by atoms with Gasteiger partial charge in [0.1, 0.15) is 11.6 Å². The van der Waals surface area contributed by atoms with E-state index in [1.54, 1.807) is 37.7 Å². The molecule has 0 bridgehead atoms. The first kappa shape index (κ1) is 25.2. The Morgan fingerprint density at radius 3 is 2.66 bits per heavy atom. The molecule has 0 unspecified atom stereocenters. The summed E-state index contributed by atoms with van der Waals surface area (Å²) in [4.78, 5) is 24.3. The van der Waals surface area contributed by atoms with Crippen LogP contribution in [0.4, 0.5) is 17.2 Å². The molecule has 0 aliphatic carbocycles. The number of nitrogens with zero attached hydrogens (tertiary/aromatic N) is 3. The third-order valence-corrected chi connectivity index (χ3v) is 6.49. The van der Waals surface area contributed by atoms with Gasteiger partial charge in [-0.15, -0.1) is 0 Å². The van der Waals surface area contributed by atoms with Crippen molar-refractivity contribution in [3.63, 3.8) is 0 Å². The van der Waals surface area contributed by atoms with Crippen molar-refractivity contribution in [2.24, 2.45) is 0 Å². The number of carbonyl (C=O) groups excluding carboxylic acids is 1. The molecule has 194 valence electrons. The molecular weight excluding hydrogens is 478 g/mol. The normalized spacial score (nSPS) is 14.0. The third-order valence-electron chi connectivity index (χ3n) is 6.49. The second-order valence-electron chi connectivity index (χ2n) is 9.12. The molecule has 1 aliphatic rings. The van der Waals surface area contributed by atoms with Crippen LogP contribution >= 0.6 is 0 Å². The van der Waals surface area contributed by atoms with Crippen LogP contribution in [0.1, 0.15) is 28.9 Å². The minimum atomic E-state index is -0.195. The van der Waals surface area contributed by atoms with Crippen molar-refractivity contribution < 1.29 is 14.3 Å². The zero-order chi connectivity index (χ0) is 26.3. The number of benzene rings is 3. The second-order valence-corrected chi connectivity index (χ2v) is 9.12. The van der Waals surface area contributed by atoms with E-state index in [0.29, 0.717) is 22.8 Å². The quantitative estimate of drug-likeness (QED) is 0.328. The maximum atomic E-state index is 12.7. The molecular formula is C30H31N5O3. The summed E-state index contributed by atoms with van der Waals surface area (Å²) in [5.74, 6) is 1.12. The van der Waals surface area contributed by atoms with Crippen molar-refractivity contribution in [1.82, 2.24) is 9.97 Å². The molecule has 0 spiro atoms. The summed E-state index contributed by atoms with van der Waals surface area (Å²) in [7, 11) is 1.58. The van der Waals surface area contributed by atoms with E-state index in [-0.39, 0.29) is 11.9 Å². The summed E-state index contributed by atoms with van der Waals surface area (Å²) in [6.07, 6.45) is 3.50. The number of carbonyl (C=O) groups is 1. The molecule has 1 aromatic heterocycles. The number of aromatic nitrogens is 2. The van der Waals surface area contributed by atoms with E-state index in [2.05, 4.69) is 51.7 Å². The predicted octanol–water partition coefficient (Wildman–Crippen LogP) is 5.41. The van der Waals surface area contributed by atoms with Crippen LogP contribution in [0.5, 0.6) is 5.75 Å². The standard InChI is InChI=1S/C30H31N5O3/c1-21(22-6-3-9-25(16-22)33-30(36)24-8-5-11-27(18-24)37-2)32-29-20-31-19-28(34-29)23-7-4-10-26(17-23)35-12-14-38-15-13-35/h3-11,16-21H,12-15H2,1-2H3,(H,32,34)(H,33,36)/t21-/m0/s1. The van der Waals surface area contributed by atoms with E-state index in [1.165, 1.54) is 0 Å². The monoisotopic (exact) mass is 509 g/mol. The maximum Gasteiger partial charge on any atom is 0.255 e. The van der Waals surface area contributed by atoms with E-state index >= 15 is 0 Å². The maximum absolute atomic E-state index is 12.7. The number of hydrogen-bond donors (Lipinski definition) is 2. The Balaban J connectivity index is 1.27. The Bertz CT molecular complexity index is 1400. The Morgan fingerprint density at radius 2 is 1.82 bits per heavy atom. The predicted molar refractivity (Wildman–Crippen MR) is 150 cm³/mol. The van der Waals surface area contributed by atoms with Crippen LogP contribution in [0, 0.1) is 0 Å². The van der Waals surface area contributed by atoms with Crippen molar-refractivity contribution >= 4 is 23.1 Å². The van der Waals surface area contributed by atoms with E-state index in [0.717, 1.165) is 48.8 Å². The van der Waals surface area contributed by atoms with E-state index in [9.17, 15) is 4.79 Å². The molecule has 38 heavy (non-hydrogen) atoms. The van der Waals surface area contributed by atoms with Gasteiger partial charge in [0.2, 0.25) is 0 Å². The Labute approximate surface area is 222 Å². The van der Waals surface area contributed by atoms with Crippen LogP contribution in [-0.2, 0) is 4.74 Å². The lowest BCUT2D eigenvalue weighted by atomic mass is 10.1. The summed E-state index contributed by atoms with van der Waals surface area (Å²) in [6, 6.07) is 23.2. The molecule has 2 N–H and O–H groups in total. The number of nitrogens with one attached hydrogen (secondary N) is 2. The van der Waals surface area contributed by atoms with Gasteiger partial charge >= 0.3 is 0 Å². The number of anilines is 3. The van der Waals surface area contributed by atoms with Crippen molar-refractivity contribution in [3.8, 4) is 17.0 Å². The fourth-order valence-electron chi connectivity index (χ4n) is 4.42. The molecule has 8 nitrogen and oxygen atoms in total. The van der Waals surface area contributed by atoms with Crippen LogP contribution in [0.15, 0.2) is 85.2 Å². The third kappa shape index (κ3) is 6.10. The van der Waals surface area contributed by atoms with Gasteiger partial charge in [0.15, 0.2) is 0 Å². The van der Waals surface area contributed by atoms with Gasteiger partial charge in [0, 0.05) is 35.6 Å². The molecule has 8 heteroatoms.